The Kier molecular flexibility index (Phi) is 4.30. The lowest BCUT2D eigenvalue weighted by Gasteiger charge is -2.25. The number of rotatable bonds is 3. The molecular weight excluding hydrogens is 294 g/mol. The summed E-state index contributed by atoms with van der Waals surface area (Å²) < 4.78 is 10.7. The standard InChI is InChI=1S/C18H19NO4/c1-12(9-18(21)19-5-7-22-8-6-19)14-3-4-16-15(10-14)11-17(23-16)13(2)20/h3-4,9-11H,5-8H2,1-2H3. The van der Waals surface area contributed by atoms with Gasteiger partial charge < -0.3 is 14.1 Å². The number of hydrogen-bond acceptors (Lipinski definition) is 4. The lowest BCUT2D eigenvalue weighted by atomic mass is 10.0. The van der Waals surface area contributed by atoms with Crippen LogP contribution < -0.4 is 0 Å². The van der Waals surface area contributed by atoms with Crippen molar-refractivity contribution in [3.8, 4) is 0 Å². The van der Waals surface area contributed by atoms with E-state index in [2.05, 4.69) is 0 Å². The molecule has 2 aromatic rings. The smallest absolute Gasteiger partial charge is 0.246 e. The highest BCUT2D eigenvalue weighted by Crippen LogP contribution is 2.24. The van der Waals surface area contributed by atoms with Crippen LogP contribution in [0.3, 0.4) is 0 Å². The Labute approximate surface area is 134 Å². The maximum Gasteiger partial charge on any atom is 0.246 e. The molecule has 0 unspecified atom stereocenters. The molecule has 5 heteroatoms. The predicted molar refractivity (Wildman–Crippen MR) is 87.3 cm³/mol. The number of benzene rings is 1. The number of carbonyl (C=O) groups is 2. The van der Waals surface area contributed by atoms with E-state index in [1.165, 1.54) is 6.92 Å². The summed E-state index contributed by atoms with van der Waals surface area (Å²) >= 11 is 0. The molecule has 23 heavy (non-hydrogen) atoms. The Morgan fingerprint density at radius 1 is 1.13 bits per heavy atom. The maximum atomic E-state index is 12.3. The van der Waals surface area contributed by atoms with E-state index >= 15 is 0 Å². The second-order valence-corrected chi connectivity index (χ2v) is 5.68. The molecule has 1 aliphatic rings. The minimum absolute atomic E-state index is 0.00233. The van der Waals surface area contributed by atoms with Gasteiger partial charge in [0, 0.05) is 31.5 Å². The Hall–Kier alpha value is -2.40. The van der Waals surface area contributed by atoms with Gasteiger partial charge in [-0.25, -0.2) is 0 Å². The van der Waals surface area contributed by atoms with E-state index in [9.17, 15) is 9.59 Å². The second-order valence-electron chi connectivity index (χ2n) is 5.68. The van der Waals surface area contributed by atoms with Gasteiger partial charge in [-0.15, -0.1) is 0 Å². The topological polar surface area (TPSA) is 59.8 Å². The lowest BCUT2D eigenvalue weighted by Crippen LogP contribution is -2.39. The van der Waals surface area contributed by atoms with Gasteiger partial charge in [0.05, 0.1) is 13.2 Å². The van der Waals surface area contributed by atoms with Gasteiger partial charge in [0.2, 0.25) is 5.91 Å². The van der Waals surface area contributed by atoms with Gasteiger partial charge in [-0.2, -0.15) is 0 Å². The normalized spacial score (nSPS) is 15.9. The zero-order chi connectivity index (χ0) is 16.4. The molecule has 0 spiro atoms. The van der Waals surface area contributed by atoms with E-state index in [0.717, 1.165) is 16.5 Å². The van der Waals surface area contributed by atoms with Crippen LogP contribution in [0, 0.1) is 0 Å². The summed E-state index contributed by atoms with van der Waals surface area (Å²) in [6.45, 7) is 5.83. The zero-order valence-corrected chi connectivity index (χ0v) is 13.3. The Morgan fingerprint density at radius 2 is 1.87 bits per heavy atom. The van der Waals surface area contributed by atoms with Crippen LogP contribution in [0.4, 0.5) is 0 Å². The molecule has 5 nitrogen and oxygen atoms in total. The van der Waals surface area contributed by atoms with Crippen LogP contribution in [-0.4, -0.2) is 42.9 Å². The number of allylic oxidation sites excluding steroid dienone is 1. The molecule has 0 saturated carbocycles. The highest BCUT2D eigenvalue weighted by Gasteiger charge is 2.15. The number of amides is 1. The van der Waals surface area contributed by atoms with Crippen molar-refractivity contribution in [1.82, 2.24) is 4.90 Å². The third-order valence-corrected chi connectivity index (χ3v) is 3.98. The summed E-state index contributed by atoms with van der Waals surface area (Å²) in [5.74, 6) is 0.253. The van der Waals surface area contributed by atoms with Crippen LogP contribution in [-0.2, 0) is 9.53 Å². The molecule has 1 amide bonds. The van der Waals surface area contributed by atoms with Crippen molar-refractivity contribution in [3.63, 3.8) is 0 Å². The van der Waals surface area contributed by atoms with Crippen molar-refractivity contribution in [3.05, 3.63) is 41.7 Å². The summed E-state index contributed by atoms with van der Waals surface area (Å²) in [5.41, 5.74) is 2.50. The summed E-state index contributed by atoms with van der Waals surface area (Å²) in [6.07, 6.45) is 1.65. The van der Waals surface area contributed by atoms with E-state index in [1.54, 1.807) is 17.0 Å². The average Bonchev–Trinajstić information content (AvgIpc) is 2.99. The number of carbonyl (C=O) groups excluding carboxylic acids is 2. The molecule has 0 atom stereocenters. The molecule has 120 valence electrons. The quantitative estimate of drug-likeness (QED) is 0.646. The third-order valence-electron chi connectivity index (χ3n) is 3.98. The molecule has 0 bridgehead atoms. The molecular formula is C18H19NO4. The van der Waals surface area contributed by atoms with E-state index in [-0.39, 0.29) is 11.7 Å². The fraction of sp³-hybridized carbons (Fsp3) is 0.333. The molecule has 1 aromatic carbocycles. The van der Waals surface area contributed by atoms with Gasteiger partial charge in [-0.05, 0) is 36.3 Å². The zero-order valence-electron chi connectivity index (χ0n) is 13.3. The van der Waals surface area contributed by atoms with Crippen LogP contribution in [0.1, 0.15) is 30.0 Å². The van der Waals surface area contributed by atoms with Crippen molar-refractivity contribution in [2.24, 2.45) is 0 Å². The lowest BCUT2D eigenvalue weighted by molar-refractivity contribution is -0.129. The molecule has 0 N–H and O–H groups in total. The first kappa shape index (κ1) is 15.5. The number of fused-ring (bicyclic) bond motifs is 1. The minimum atomic E-state index is -0.0995. The largest absolute Gasteiger partial charge is 0.453 e. The van der Waals surface area contributed by atoms with Crippen molar-refractivity contribution >= 4 is 28.2 Å². The Morgan fingerprint density at radius 3 is 2.57 bits per heavy atom. The molecule has 1 saturated heterocycles. The summed E-state index contributed by atoms with van der Waals surface area (Å²) in [6, 6.07) is 7.39. The van der Waals surface area contributed by atoms with Crippen LogP contribution in [0.2, 0.25) is 0 Å². The van der Waals surface area contributed by atoms with Crippen LogP contribution in [0.5, 0.6) is 0 Å². The number of furan rings is 1. The van der Waals surface area contributed by atoms with Gasteiger partial charge >= 0.3 is 0 Å². The first-order chi connectivity index (χ1) is 11.0. The van der Waals surface area contributed by atoms with Crippen molar-refractivity contribution in [2.75, 3.05) is 26.3 Å². The van der Waals surface area contributed by atoms with Gasteiger partial charge in [-0.3, -0.25) is 9.59 Å². The molecule has 0 radical (unpaired) electrons. The third kappa shape index (κ3) is 3.35. The fourth-order valence-corrected chi connectivity index (χ4v) is 2.61. The van der Waals surface area contributed by atoms with E-state index < -0.39 is 0 Å². The Bertz CT molecular complexity index is 781. The van der Waals surface area contributed by atoms with Gasteiger partial charge in [-0.1, -0.05) is 6.07 Å². The monoisotopic (exact) mass is 313 g/mol. The van der Waals surface area contributed by atoms with Crippen molar-refractivity contribution < 1.29 is 18.7 Å². The van der Waals surface area contributed by atoms with E-state index in [1.807, 2.05) is 25.1 Å². The number of nitrogens with zero attached hydrogens (tertiary/aromatic N) is 1. The molecule has 2 heterocycles. The van der Waals surface area contributed by atoms with Gasteiger partial charge in [0.1, 0.15) is 5.58 Å². The first-order valence-electron chi connectivity index (χ1n) is 7.64. The Balaban J connectivity index is 1.84. The molecule has 1 fully saturated rings. The van der Waals surface area contributed by atoms with Crippen LogP contribution in [0.25, 0.3) is 16.5 Å². The number of morpholine rings is 1. The highest BCUT2D eigenvalue weighted by atomic mass is 16.5. The van der Waals surface area contributed by atoms with Gasteiger partial charge in [0.15, 0.2) is 11.5 Å². The van der Waals surface area contributed by atoms with E-state index in [4.69, 9.17) is 9.15 Å². The summed E-state index contributed by atoms with van der Waals surface area (Å²) in [5, 5.41) is 0.860. The number of hydrogen-bond donors (Lipinski definition) is 0. The predicted octanol–water partition coefficient (Wildman–Crippen LogP) is 2.90. The minimum Gasteiger partial charge on any atom is -0.453 e. The average molecular weight is 313 g/mol. The van der Waals surface area contributed by atoms with Crippen LogP contribution in [0.15, 0.2) is 34.8 Å². The molecule has 0 aliphatic carbocycles. The number of Topliss-reactive ketones (excluding diaryl/α,β-unsaturated/α-hetero) is 1. The van der Waals surface area contributed by atoms with E-state index in [0.29, 0.717) is 37.6 Å². The summed E-state index contributed by atoms with van der Waals surface area (Å²) in [7, 11) is 0. The first-order valence-corrected chi connectivity index (χ1v) is 7.64. The fourth-order valence-electron chi connectivity index (χ4n) is 2.61. The van der Waals surface area contributed by atoms with Crippen molar-refractivity contribution in [2.45, 2.75) is 13.8 Å². The van der Waals surface area contributed by atoms with Crippen molar-refractivity contribution in [1.29, 1.82) is 0 Å². The van der Waals surface area contributed by atoms with Crippen LogP contribution >= 0.6 is 0 Å². The van der Waals surface area contributed by atoms with Gasteiger partial charge in [0.25, 0.3) is 0 Å². The number of ether oxygens (including phenoxy) is 1. The highest BCUT2D eigenvalue weighted by molar-refractivity contribution is 5.98. The molecule has 1 aliphatic heterocycles. The second kappa shape index (κ2) is 6.38. The summed E-state index contributed by atoms with van der Waals surface area (Å²) in [4.78, 5) is 25.4. The SMILES string of the molecule is CC(=O)c1cc2cc(C(C)=CC(=O)N3CCOCC3)ccc2o1. The maximum absolute atomic E-state index is 12.3. The number of ketones is 1. The molecule has 1 aromatic heterocycles. The molecule has 3 rings (SSSR count).